The Hall–Kier alpha value is -4.00. The molecule has 3 N–H and O–H groups in total. The molecular formula is C26H27F3N6O. The Morgan fingerprint density at radius 3 is 2.61 bits per heavy atom. The Morgan fingerprint density at radius 1 is 1.19 bits per heavy atom. The number of pyridine rings is 2. The van der Waals surface area contributed by atoms with E-state index in [0.717, 1.165) is 37.8 Å². The van der Waals surface area contributed by atoms with Gasteiger partial charge in [0.1, 0.15) is 17.6 Å². The molecule has 3 aromatic rings. The van der Waals surface area contributed by atoms with E-state index in [1.807, 2.05) is 24.3 Å². The SMILES string of the molecule is CNc1cc(-c2ccc(OCCC3CCN(c4ccccn4)CC3)c(C(F)(F)F)c2)nc(C#N)c1N. The number of aromatic nitrogens is 2. The molecule has 0 unspecified atom stereocenters. The number of rotatable bonds is 7. The van der Waals surface area contributed by atoms with E-state index in [1.54, 1.807) is 13.2 Å². The molecular weight excluding hydrogens is 469 g/mol. The first kappa shape index (κ1) is 25.1. The standard InChI is InChI=1S/C26H27F3N6O/c1-32-21-15-20(34-22(16-30)25(21)31)18-5-6-23(19(14-18)26(27,28)29)36-13-9-17-7-11-35(12-8-17)24-4-2-3-10-33-24/h2-6,10,14-15,17H,7-9,11-13,31H2,1H3,(H,32,34). The normalized spacial score (nSPS) is 14.4. The molecule has 1 saturated heterocycles. The Kier molecular flexibility index (Phi) is 7.48. The highest BCUT2D eigenvalue weighted by atomic mass is 19.4. The number of nitrogens with zero attached hydrogens (tertiary/aromatic N) is 4. The third-order valence-corrected chi connectivity index (χ3v) is 6.39. The number of nitrogens with one attached hydrogen (secondary N) is 1. The summed E-state index contributed by atoms with van der Waals surface area (Å²) in [7, 11) is 1.61. The van der Waals surface area contributed by atoms with Crippen LogP contribution >= 0.6 is 0 Å². The van der Waals surface area contributed by atoms with Crippen molar-refractivity contribution in [2.24, 2.45) is 5.92 Å². The van der Waals surface area contributed by atoms with Gasteiger partial charge in [0.15, 0.2) is 5.69 Å². The first-order valence-electron chi connectivity index (χ1n) is 11.7. The molecule has 0 bridgehead atoms. The summed E-state index contributed by atoms with van der Waals surface area (Å²) in [5.74, 6) is 1.10. The van der Waals surface area contributed by atoms with Crippen molar-refractivity contribution in [3.8, 4) is 23.1 Å². The van der Waals surface area contributed by atoms with E-state index < -0.39 is 11.7 Å². The number of hydrogen-bond acceptors (Lipinski definition) is 7. The minimum Gasteiger partial charge on any atom is -0.493 e. The quantitative estimate of drug-likeness (QED) is 0.455. The van der Waals surface area contributed by atoms with Crippen molar-refractivity contribution >= 4 is 17.2 Å². The number of nitrogen functional groups attached to an aromatic ring is 1. The van der Waals surface area contributed by atoms with E-state index in [9.17, 15) is 18.4 Å². The third-order valence-electron chi connectivity index (χ3n) is 6.39. The van der Waals surface area contributed by atoms with Gasteiger partial charge in [0.25, 0.3) is 0 Å². The van der Waals surface area contributed by atoms with E-state index in [4.69, 9.17) is 10.5 Å². The molecule has 0 radical (unpaired) electrons. The predicted molar refractivity (Wildman–Crippen MR) is 133 cm³/mol. The summed E-state index contributed by atoms with van der Waals surface area (Å²) in [5, 5.41) is 12.1. The van der Waals surface area contributed by atoms with Crippen LogP contribution in [-0.4, -0.2) is 36.7 Å². The van der Waals surface area contributed by atoms with Gasteiger partial charge >= 0.3 is 6.18 Å². The molecule has 1 aromatic carbocycles. The molecule has 0 aliphatic carbocycles. The second kappa shape index (κ2) is 10.7. The number of nitrogens with two attached hydrogens (primary N) is 1. The predicted octanol–water partition coefficient (Wildman–Crippen LogP) is 5.34. The molecule has 4 rings (SSSR count). The molecule has 0 atom stereocenters. The van der Waals surface area contributed by atoms with Gasteiger partial charge in [-0.2, -0.15) is 18.4 Å². The van der Waals surface area contributed by atoms with Crippen LogP contribution in [0.1, 0.15) is 30.5 Å². The molecule has 188 valence electrons. The van der Waals surface area contributed by atoms with Crippen LogP contribution in [0.3, 0.4) is 0 Å². The van der Waals surface area contributed by atoms with Crippen LogP contribution in [0, 0.1) is 17.2 Å². The Balaban J connectivity index is 1.44. The van der Waals surface area contributed by atoms with E-state index in [0.29, 0.717) is 18.0 Å². The van der Waals surface area contributed by atoms with Crippen molar-refractivity contribution in [2.75, 3.05) is 42.7 Å². The number of hydrogen-bond donors (Lipinski definition) is 2. The van der Waals surface area contributed by atoms with Crippen molar-refractivity contribution in [1.82, 2.24) is 9.97 Å². The summed E-state index contributed by atoms with van der Waals surface area (Å²) in [6.45, 7) is 1.91. The maximum atomic E-state index is 13.9. The minimum absolute atomic E-state index is 0.0557. The van der Waals surface area contributed by atoms with Gasteiger partial charge in [0, 0.05) is 31.9 Å². The van der Waals surface area contributed by atoms with Crippen molar-refractivity contribution in [3.05, 3.63) is 59.9 Å². The summed E-state index contributed by atoms with van der Waals surface area (Å²) >= 11 is 0. The summed E-state index contributed by atoms with van der Waals surface area (Å²) in [4.78, 5) is 10.7. The highest BCUT2D eigenvalue weighted by molar-refractivity contribution is 5.77. The average Bonchev–Trinajstić information content (AvgIpc) is 2.89. The Labute approximate surface area is 207 Å². The molecule has 36 heavy (non-hydrogen) atoms. The number of ether oxygens (including phenoxy) is 1. The van der Waals surface area contributed by atoms with Crippen LogP contribution in [0.25, 0.3) is 11.3 Å². The van der Waals surface area contributed by atoms with Gasteiger partial charge in [-0.15, -0.1) is 0 Å². The fourth-order valence-corrected chi connectivity index (χ4v) is 4.36. The van der Waals surface area contributed by atoms with Crippen molar-refractivity contribution < 1.29 is 17.9 Å². The minimum atomic E-state index is -4.61. The van der Waals surface area contributed by atoms with E-state index >= 15 is 0 Å². The third kappa shape index (κ3) is 5.62. The second-order valence-corrected chi connectivity index (χ2v) is 8.64. The largest absolute Gasteiger partial charge is 0.493 e. The summed E-state index contributed by atoms with van der Waals surface area (Å²) in [6.07, 6.45) is -0.307. The molecule has 2 aromatic heterocycles. The molecule has 0 amide bonds. The van der Waals surface area contributed by atoms with Gasteiger partial charge in [-0.3, -0.25) is 0 Å². The lowest BCUT2D eigenvalue weighted by Gasteiger charge is -2.32. The number of benzene rings is 1. The van der Waals surface area contributed by atoms with Gasteiger partial charge in [-0.05, 0) is 61.6 Å². The van der Waals surface area contributed by atoms with Crippen molar-refractivity contribution in [3.63, 3.8) is 0 Å². The number of piperidine rings is 1. The zero-order valence-electron chi connectivity index (χ0n) is 19.8. The monoisotopic (exact) mass is 496 g/mol. The van der Waals surface area contributed by atoms with Crippen molar-refractivity contribution in [1.29, 1.82) is 5.26 Å². The molecule has 0 spiro atoms. The Morgan fingerprint density at radius 2 is 1.97 bits per heavy atom. The van der Waals surface area contributed by atoms with Crippen LogP contribution in [0.2, 0.25) is 0 Å². The summed E-state index contributed by atoms with van der Waals surface area (Å²) in [5.41, 5.74) is 5.92. The van der Waals surface area contributed by atoms with Crippen LogP contribution < -0.4 is 20.7 Å². The molecule has 7 nitrogen and oxygen atoms in total. The average molecular weight is 497 g/mol. The summed E-state index contributed by atoms with van der Waals surface area (Å²) in [6, 6.07) is 13.0. The zero-order chi connectivity index (χ0) is 25.7. The van der Waals surface area contributed by atoms with Crippen LogP contribution in [0.15, 0.2) is 48.7 Å². The van der Waals surface area contributed by atoms with E-state index in [1.165, 1.54) is 18.2 Å². The fraction of sp³-hybridized carbons (Fsp3) is 0.346. The molecule has 3 heterocycles. The van der Waals surface area contributed by atoms with Crippen LogP contribution in [-0.2, 0) is 6.18 Å². The maximum absolute atomic E-state index is 13.9. The van der Waals surface area contributed by atoms with Crippen LogP contribution in [0.5, 0.6) is 5.75 Å². The smallest absolute Gasteiger partial charge is 0.419 e. The molecule has 0 saturated carbocycles. The number of anilines is 3. The maximum Gasteiger partial charge on any atom is 0.419 e. The first-order chi connectivity index (χ1) is 17.3. The van der Waals surface area contributed by atoms with Gasteiger partial charge in [-0.1, -0.05) is 6.07 Å². The lowest BCUT2D eigenvalue weighted by Crippen LogP contribution is -2.34. The topological polar surface area (TPSA) is 100 Å². The molecule has 1 aliphatic heterocycles. The highest BCUT2D eigenvalue weighted by Crippen LogP contribution is 2.39. The first-order valence-corrected chi connectivity index (χ1v) is 11.7. The lowest BCUT2D eigenvalue weighted by atomic mass is 9.94. The molecule has 10 heteroatoms. The van der Waals surface area contributed by atoms with E-state index in [-0.39, 0.29) is 35.0 Å². The van der Waals surface area contributed by atoms with Crippen LogP contribution in [0.4, 0.5) is 30.4 Å². The molecule has 1 fully saturated rings. The summed E-state index contributed by atoms with van der Waals surface area (Å²) < 4.78 is 47.3. The van der Waals surface area contributed by atoms with Gasteiger partial charge < -0.3 is 20.7 Å². The Bertz CT molecular complexity index is 1230. The van der Waals surface area contributed by atoms with Gasteiger partial charge in [0.2, 0.25) is 0 Å². The van der Waals surface area contributed by atoms with Crippen molar-refractivity contribution in [2.45, 2.75) is 25.4 Å². The fourth-order valence-electron chi connectivity index (χ4n) is 4.36. The zero-order valence-corrected chi connectivity index (χ0v) is 19.8. The number of alkyl halides is 3. The number of halogens is 3. The lowest BCUT2D eigenvalue weighted by molar-refractivity contribution is -0.138. The molecule has 1 aliphatic rings. The van der Waals surface area contributed by atoms with Gasteiger partial charge in [-0.25, -0.2) is 9.97 Å². The van der Waals surface area contributed by atoms with Gasteiger partial charge in [0.05, 0.1) is 29.2 Å². The highest BCUT2D eigenvalue weighted by Gasteiger charge is 2.35. The second-order valence-electron chi connectivity index (χ2n) is 8.64. The number of nitriles is 1. The van der Waals surface area contributed by atoms with E-state index in [2.05, 4.69) is 20.2 Å².